The van der Waals surface area contributed by atoms with Gasteiger partial charge in [-0.3, -0.25) is 9.79 Å². The number of halogens is 1. The quantitative estimate of drug-likeness (QED) is 0.673. The van der Waals surface area contributed by atoms with Crippen molar-refractivity contribution in [2.45, 2.75) is 45.4 Å². The Morgan fingerprint density at radius 3 is 2.76 bits per heavy atom. The summed E-state index contributed by atoms with van der Waals surface area (Å²) in [5.41, 5.74) is 4.01. The molecule has 0 spiro atoms. The lowest BCUT2D eigenvalue weighted by Gasteiger charge is -2.33. The van der Waals surface area contributed by atoms with Crippen molar-refractivity contribution in [3.05, 3.63) is 53.3 Å². The van der Waals surface area contributed by atoms with Crippen LogP contribution in [0.4, 0.5) is 21.5 Å². The van der Waals surface area contributed by atoms with Crippen LogP contribution in [0, 0.1) is 18.7 Å². The topological polar surface area (TPSA) is 44.7 Å². The van der Waals surface area contributed by atoms with E-state index in [4.69, 9.17) is 0 Å². The number of aliphatic imine (C=N–C) groups is 1. The molecule has 0 saturated carbocycles. The van der Waals surface area contributed by atoms with E-state index < -0.39 is 5.92 Å². The van der Waals surface area contributed by atoms with Gasteiger partial charge in [-0.25, -0.2) is 4.39 Å². The maximum absolute atomic E-state index is 14.8. The lowest BCUT2D eigenvalue weighted by molar-refractivity contribution is -0.115. The van der Waals surface area contributed by atoms with Crippen LogP contribution in [0.1, 0.15) is 49.7 Å². The number of hydrogen-bond acceptors (Lipinski definition) is 3. The van der Waals surface area contributed by atoms with Gasteiger partial charge in [0.15, 0.2) is 0 Å². The molecule has 1 fully saturated rings. The van der Waals surface area contributed by atoms with Crippen molar-refractivity contribution in [1.29, 1.82) is 0 Å². The average Bonchev–Trinajstić information content (AvgIpc) is 3.04. The van der Waals surface area contributed by atoms with E-state index in [-0.39, 0.29) is 11.7 Å². The van der Waals surface area contributed by atoms with Crippen molar-refractivity contribution in [3.8, 4) is 0 Å². The van der Waals surface area contributed by atoms with Crippen molar-refractivity contribution in [1.82, 2.24) is 0 Å². The minimum Gasteiger partial charge on any atom is -0.369 e. The first-order valence-corrected chi connectivity index (χ1v) is 10.6. The van der Waals surface area contributed by atoms with Crippen LogP contribution < -0.4 is 10.2 Å². The molecule has 0 aromatic heterocycles. The molecule has 0 aliphatic carbocycles. The Balaban J connectivity index is 1.48. The molecule has 1 unspecified atom stereocenters. The molecular formula is C24H28FN3O. The Labute approximate surface area is 171 Å². The second kappa shape index (κ2) is 8.36. The molecule has 2 aromatic carbocycles. The maximum Gasteiger partial charge on any atom is 0.237 e. The molecule has 4 rings (SSSR count). The Bertz CT molecular complexity index is 932. The maximum atomic E-state index is 14.8. The van der Waals surface area contributed by atoms with E-state index in [1.807, 2.05) is 37.3 Å². The fraction of sp³-hybridized carbons (Fsp3) is 0.417. The Morgan fingerprint density at radius 2 is 2.03 bits per heavy atom. The Morgan fingerprint density at radius 1 is 1.24 bits per heavy atom. The first kappa shape index (κ1) is 19.6. The van der Waals surface area contributed by atoms with E-state index in [0.29, 0.717) is 11.4 Å². The summed E-state index contributed by atoms with van der Waals surface area (Å²) in [5, 5.41) is 2.89. The van der Waals surface area contributed by atoms with Gasteiger partial charge >= 0.3 is 0 Å². The zero-order chi connectivity index (χ0) is 20.4. The van der Waals surface area contributed by atoms with Gasteiger partial charge in [-0.05, 0) is 55.0 Å². The molecular weight excluding hydrogens is 365 g/mol. The molecule has 29 heavy (non-hydrogen) atoms. The first-order chi connectivity index (χ1) is 14.1. The molecule has 5 heteroatoms. The summed E-state index contributed by atoms with van der Waals surface area (Å²) in [6, 6.07) is 10.9. The van der Waals surface area contributed by atoms with Crippen LogP contribution in [0.15, 0.2) is 41.4 Å². The summed E-state index contributed by atoms with van der Waals surface area (Å²) >= 11 is 0. The van der Waals surface area contributed by atoms with Crippen molar-refractivity contribution in [3.63, 3.8) is 0 Å². The number of carbonyl (C=O) groups is 1. The number of carbonyl (C=O) groups excluding carboxylic acids is 1. The lowest BCUT2D eigenvalue weighted by atomic mass is 9.92. The minimum absolute atomic E-state index is 0.0925. The van der Waals surface area contributed by atoms with Gasteiger partial charge in [-0.2, -0.15) is 0 Å². The van der Waals surface area contributed by atoms with E-state index in [1.54, 1.807) is 6.21 Å². The van der Waals surface area contributed by atoms with Crippen LogP contribution >= 0.6 is 0 Å². The predicted octanol–water partition coefficient (Wildman–Crippen LogP) is 5.59. The first-order valence-electron chi connectivity index (χ1n) is 10.6. The van der Waals surface area contributed by atoms with E-state index in [9.17, 15) is 9.18 Å². The van der Waals surface area contributed by atoms with Crippen LogP contribution in [-0.2, 0) is 4.79 Å². The predicted molar refractivity (Wildman–Crippen MR) is 117 cm³/mol. The summed E-state index contributed by atoms with van der Waals surface area (Å²) in [6.45, 7) is 6.02. The molecule has 0 bridgehead atoms. The zero-order valence-electron chi connectivity index (χ0n) is 17.1. The second-order valence-electron chi connectivity index (χ2n) is 8.14. The van der Waals surface area contributed by atoms with E-state index >= 15 is 0 Å². The smallest absolute Gasteiger partial charge is 0.237 e. The molecule has 2 aliphatic heterocycles. The van der Waals surface area contributed by atoms with Gasteiger partial charge in [0, 0.05) is 31.1 Å². The minimum atomic E-state index is -0.438. The standard InChI is InChI=1S/C24H28FN3O/c1-3-5-17-10-12-28(13-11-17)22-9-8-18(14-20(22)25)26-15-19-23-16(2)6-4-7-21(23)27-24(19)29/h4,6-9,14-15,17,19H,3,5,10-13H2,1-2H3,(H,27,29). The highest BCUT2D eigenvalue weighted by atomic mass is 19.1. The number of anilines is 2. The summed E-state index contributed by atoms with van der Waals surface area (Å²) in [7, 11) is 0. The fourth-order valence-corrected chi connectivity index (χ4v) is 4.55. The molecule has 0 radical (unpaired) electrons. The van der Waals surface area contributed by atoms with E-state index in [2.05, 4.69) is 22.1 Å². The van der Waals surface area contributed by atoms with Crippen molar-refractivity contribution in [2.24, 2.45) is 10.9 Å². The molecule has 1 saturated heterocycles. The van der Waals surface area contributed by atoms with Crippen LogP contribution in [0.3, 0.4) is 0 Å². The zero-order valence-corrected chi connectivity index (χ0v) is 17.1. The van der Waals surface area contributed by atoms with Gasteiger partial charge in [0.05, 0.1) is 11.4 Å². The number of amides is 1. The van der Waals surface area contributed by atoms with Gasteiger partial charge in [0.1, 0.15) is 11.7 Å². The molecule has 2 heterocycles. The Kier molecular flexibility index (Phi) is 5.65. The van der Waals surface area contributed by atoms with Gasteiger partial charge in [-0.15, -0.1) is 0 Å². The molecule has 2 aromatic rings. The number of aryl methyl sites for hydroxylation is 1. The summed E-state index contributed by atoms with van der Waals surface area (Å²) in [5.74, 6) is -0.00949. The fourth-order valence-electron chi connectivity index (χ4n) is 4.55. The highest BCUT2D eigenvalue weighted by Gasteiger charge is 2.30. The average molecular weight is 394 g/mol. The molecule has 4 nitrogen and oxygen atoms in total. The normalized spacial score (nSPS) is 19.6. The number of nitrogens with zero attached hydrogens (tertiary/aromatic N) is 2. The third kappa shape index (κ3) is 4.04. The largest absolute Gasteiger partial charge is 0.369 e. The van der Waals surface area contributed by atoms with Gasteiger partial charge in [-0.1, -0.05) is 31.9 Å². The SMILES string of the molecule is CCCC1CCN(c2ccc(N=CC3C(=O)Nc4cccc(C)c43)cc2F)CC1. The van der Waals surface area contributed by atoms with Gasteiger partial charge in [0.25, 0.3) is 0 Å². The van der Waals surface area contributed by atoms with E-state index in [0.717, 1.165) is 48.7 Å². The summed E-state index contributed by atoms with van der Waals surface area (Å²) in [4.78, 5) is 18.9. The third-order valence-electron chi connectivity index (χ3n) is 6.13. The lowest BCUT2D eigenvalue weighted by Crippen LogP contribution is -2.34. The molecule has 152 valence electrons. The third-order valence-corrected chi connectivity index (χ3v) is 6.13. The number of benzene rings is 2. The van der Waals surface area contributed by atoms with Crippen molar-refractivity contribution < 1.29 is 9.18 Å². The van der Waals surface area contributed by atoms with Crippen LogP contribution in [0.25, 0.3) is 0 Å². The Hall–Kier alpha value is -2.69. The molecule has 1 amide bonds. The van der Waals surface area contributed by atoms with Crippen LogP contribution in [0.5, 0.6) is 0 Å². The molecule has 2 aliphatic rings. The van der Waals surface area contributed by atoms with Crippen LogP contribution in [-0.4, -0.2) is 25.2 Å². The second-order valence-corrected chi connectivity index (χ2v) is 8.14. The number of piperidine rings is 1. The van der Waals surface area contributed by atoms with Gasteiger partial charge < -0.3 is 10.2 Å². The monoisotopic (exact) mass is 393 g/mol. The van der Waals surface area contributed by atoms with Crippen LogP contribution in [0.2, 0.25) is 0 Å². The number of rotatable bonds is 5. The van der Waals surface area contributed by atoms with Gasteiger partial charge in [0.2, 0.25) is 5.91 Å². The molecule has 1 atom stereocenters. The van der Waals surface area contributed by atoms with E-state index in [1.165, 1.54) is 18.9 Å². The summed E-state index contributed by atoms with van der Waals surface area (Å²) in [6.07, 6.45) is 6.36. The van der Waals surface area contributed by atoms with Crippen molar-refractivity contribution >= 4 is 29.2 Å². The number of nitrogens with one attached hydrogen (secondary N) is 1. The highest BCUT2D eigenvalue weighted by Crippen LogP contribution is 2.35. The highest BCUT2D eigenvalue weighted by molar-refractivity contribution is 6.13. The summed E-state index contributed by atoms with van der Waals surface area (Å²) < 4.78 is 14.8. The van der Waals surface area contributed by atoms with Crippen molar-refractivity contribution in [2.75, 3.05) is 23.3 Å². The number of hydrogen-bond donors (Lipinski definition) is 1. The molecule has 1 N–H and O–H groups in total. The number of fused-ring (bicyclic) bond motifs is 1.